The van der Waals surface area contributed by atoms with Crippen LogP contribution >= 0.6 is 0 Å². The van der Waals surface area contributed by atoms with Crippen molar-refractivity contribution in [2.75, 3.05) is 0 Å². The molecule has 1 aliphatic rings. The topological polar surface area (TPSA) is 92.0 Å². The van der Waals surface area contributed by atoms with Gasteiger partial charge in [-0.3, -0.25) is 9.89 Å². The molecule has 5 nitrogen and oxygen atoms in total. The lowest BCUT2D eigenvalue weighted by atomic mass is 10.1. The Balaban J connectivity index is 2.19. The monoisotopic (exact) mass is 167 g/mol. The number of carboxylic acids is 1. The molecule has 1 aliphatic carbocycles. The summed E-state index contributed by atoms with van der Waals surface area (Å²) in [5, 5.41) is 15.1. The van der Waals surface area contributed by atoms with E-state index in [4.69, 9.17) is 10.8 Å². The molecule has 1 heterocycles. The van der Waals surface area contributed by atoms with Crippen molar-refractivity contribution in [2.45, 2.75) is 17.9 Å². The Morgan fingerprint density at radius 2 is 2.67 bits per heavy atom. The quantitative estimate of drug-likeness (QED) is 0.562. The fourth-order valence-corrected chi connectivity index (χ4v) is 1.38. The SMILES string of the molecule is N[C@@]1(C(=O)O)C[C@H]1c1cn[nH]c1. The van der Waals surface area contributed by atoms with Crippen molar-refractivity contribution in [3.8, 4) is 0 Å². The second kappa shape index (κ2) is 2.07. The summed E-state index contributed by atoms with van der Waals surface area (Å²) in [6.07, 6.45) is 3.80. The molecule has 1 fully saturated rings. The zero-order chi connectivity index (χ0) is 8.77. The molecular weight excluding hydrogens is 158 g/mol. The fourth-order valence-electron chi connectivity index (χ4n) is 1.38. The molecule has 4 N–H and O–H groups in total. The Morgan fingerprint density at radius 1 is 1.92 bits per heavy atom. The molecule has 64 valence electrons. The average molecular weight is 167 g/mol. The Labute approximate surface area is 68.6 Å². The van der Waals surface area contributed by atoms with E-state index in [9.17, 15) is 4.79 Å². The van der Waals surface area contributed by atoms with Gasteiger partial charge in [-0.1, -0.05) is 0 Å². The van der Waals surface area contributed by atoms with Crippen LogP contribution in [0.4, 0.5) is 0 Å². The van der Waals surface area contributed by atoms with Crippen molar-refractivity contribution in [3.63, 3.8) is 0 Å². The summed E-state index contributed by atoms with van der Waals surface area (Å²) < 4.78 is 0. The van der Waals surface area contributed by atoms with Crippen LogP contribution < -0.4 is 5.73 Å². The van der Waals surface area contributed by atoms with Crippen molar-refractivity contribution in [1.29, 1.82) is 0 Å². The lowest BCUT2D eigenvalue weighted by Gasteiger charge is -2.01. The molecule has 5 heteroatoms. The second-order valence-corrected chi connectivity index (χ2v) is 3.13. The smallest absolute Gasteiger partial charge is 0.324 e. The molecule has 0 saturated heterocycles. The first-order valence-electron chi connectivity index (χ1n) is 3.65. The number of nitrogens with one attached hydrogen (secondary N) is 1. The van der Waals surface area contributed by atoms with Gasteiger partial charge in [-0.2, -0.15) is 5.10 Å². The van der Waals surface area contributed by atoms with Crippen LogP contribution in [0.5, 0.6) is 0 Å². The molecule has 1 aromatic heterocycles. The Hall–Kier alpha value is -1.36. The number of carboxylic acid groups (broad SMARTS) is 1. The van der Waals surface area contributed by atoms with Crippen molar-refractivity contribution in [1.82, 2.24) is 10.2 Å². The molecule has 12 heavy (non-hydrogen) atoms. The summed E-state index contributed by atoms with van der Waals surface area (Å²) in [6.45, 7) is 0. The van der Waals surface area contributed by atoms with E-state index in [-0.39, 0.29) is 5.92 Å². The minimum absolute atomic E-state index is 0.0752. The van der Waals surface area contributed by atoms with Gasteiger partial charge in [0, 0.05) is 12.1 Å². The van der Waals surface area contributed by atoms with Gasteiger partial charge in [-0.05, 0) is 12.0 Å². The van der Waals surface area contributed by atoms with Gasteiger partial charge in [-0.15, -0.1) is 0 Å². The number of rotatable bonds is 2. The average Bonchev–Trinajstić information content (AvgIpc) is 2.49. The summed E-state index contributed by atoms with van der Waals surface area (Å²) in [4.78, 5) is 10.6. The summed E-state index contributed by atoms with van der Waals surface area (Å²) in [7, 11) is 0. The van der Waals surface area contributed by atoms with Crippen molar-refractivity contribution in [3.05, 3.63) is 18.0 Å². The lowest BCUT2D eigenvalue weighted by Crippen LogP contribution is -2.34. The normalized spacial score (nSPS) is 33.2. The summed E-state index contributed by atoms with van der Waals surface area (Å²) in [5.41, 5.74) is 5.41. The Kier molecular flexibility index (Phi) is 1.26. The van der Waals surface area contributed by atoms with E-state index in [1.54, 1.807) is 12.4 Å². The zero-order valence-corrected chi connectivity index (χ0v) is 6.32. The van der Waals surface area contributed by atoms with Crippen LogP contribution in [0, 0.1) is 0 Å². The third kappa shape index (κ3) is 0.831. The number of nitrogens with two attached hydrogens (primary N) is 1. The third-order valence-electron chi connectivity index (χ3n) is 2.32. The number of hydrogen-bond acceptors (Lipinski definition) is 3. The molecule has 1 saturated carbocycles. The summed E-state index contributed by atoms with van der Waals surface area (Å²) >= 11 is 0. The van der Waals surface area contributed by atoms with Gasteiger partial charge in [0.1, 0.15) is 5.54 Å². The van der Waals surface area contributed by atoms with Gasteiger partial charge in [0.2, 0.25) is 0 Å². The molecule has 0 radical (unpaired) electrons. The van der Waals surface area contributed by atoms with E-state index in [1.807, 2.05) is 0 Å². The van der Waals surface area contributed by atoms with Crippen molar-refractivity contribution < 1.29 is 9.90 Å². The second-order valence-electron chi connectivity index (χ2n) is 3.13. The molecule has 0 amide bonds. The van der Waals surface area contributed by atoms with E-state index < -0.39 is 11.5 Å². The number of hydrogen-bond donors (Lipinski definition) is 3. The van der Waals surface area contributed by atoms with Crippen LogP contribution in [0.2, 0.25) is 0 Å². The number of nitrogens with zero attached hydrogens (tertiary/aromatic N) is 1. The van der Waals surface area contributed by atoms with Crippen molar-refractivity contribution >= 4 is 5.97 Å². The van der Waals surface area contributed by atoms with E-state index in [1.165, 1.54) is 0 Å². The number of aliphatic carboxylic acids is 1. The minimum Gasteiger partial charge on any atom is -0.480 e. The molecule has 0 aromatic carbocycles. The van der Waals surface area contributed by atoms with E-state index in [0.29, 0.717) is 6.42 Å². The Bertz CT molecular complexity index is 308. The summed E-state index contributed by atoms with van der Waals surface area (Å²) in [6, 6.07) is 0. The van der Waals surface area contributed by atoms with Gasteiger partial charge >= 0.3 is 5.97 Å². The zero-order valence-electron chi connectivity index (χ0n) is 6.32. The van der Waals surface area contributed by atoms with Crippen LogP contribution in [-0.4, -0.2) is 26.8 Å². The van der Waals surface area contributed by atoms with Gasteiger partial charge < -0.3 is 10.8 Å². The predicted octanol–water partition coefficient (Wildman–Crippen LogP) is -0.321. The van der Waals surface area contributed by atoms with E-state index in [0.717, 1.165) is 5.56 Å². The van der Waals surface area contributed by atoms with Gasteiger partial charge in [-0.25, -0.2) is 0 Å². The first-order valence-corrected chi connectivity index (χ1v) is 3.65. The van der Waals surface area contributed by atoms with Gasteiger partial charge in [0.25, 0.3) is 0 Å². The highest BCUT2D eigenvalue weighted by Crippen LogP contribution is 2.49. The van der Waals surface area contributed by atoms with E-state index in [2.05, 4.69) is 10.2 Å². The number of carbonyl (C=O) groups is 1. The maximum Gasteiger partial charge on any atom is 0.324 e. The molecule has 0 aliphatic heterocycles. The maximum atomic E-state index is 10.6. The lowest BCUT2D eigenvalue weighted by molar-refractivity contribution is -0.139. The molecule has 1 aromatic rings. The minimum atomic E-state index is -1.05. The van der Waals surface area contributed by atoms with Crippen LogP contribution in [0.15, 0.2) is 12.4 Å². The maximum absolute atomic E-state index is 10.6. The molecule has 0 spiro atoms. The van der Waals surface area contributed by atoms with Gasteiger partial charge in [0.05, 0.1) is 6.20 Å². The first-order chi connectivity index (χ1) is 5.64. The standard InChI is InChI=1S/C7H9N3O2/c8-7(6(11)12)1-5(7)4-2-9-10-3-4/h2-3,5H,1,8H2,(H,9,10)(H,11,12)/t5-,7-/m0/s1. The largest absolute Gasteiger partial charge is 0.480 e. The number of aromatic nitrogens is 2. The third-order valence-corrected chi connectivity index (χ3v) is 2.32. The fraction of sp³-hybridized carbons (Fsp3) is 0.429. The number of aromatic amines is 1. The first kappa shape index (κ1) is 7.30. The molecule has 0 unspecified atom stereocenters. The van der Waals surface area contributed by atoms with Crippen LogP contribution in [0.1, 0.15) is 17.9 Å². The highest BCUT2D eigenvalue weighted by molar-refractivity contribution is 5.84. The highest BCUT2D eigenvalue weighted by atomic mass is 16.4. The van der Waals surface area contributed by atoms with Gasteiger partial charge in [0.15, 0.2) is 0 Å². The molecule has 2 rings (SSSR count). The molecular formula is C7H9N3O2. The Morgan fingerprint density at radius 3 is 3.08 bits per heavy atom. The predicted molar refractivity (Wildman–Crippen MR) is 40.5 cm³/mol. The van der Waals surface area contributed by atoms with Crippen LogP contribution in [0.3, 0.4) is 0 Å². The summed E-state index contributed by atoms with van der Waals surface area (Å²) in [5.74, 6) is -1.01. The molecule has 2 atom stereocenters. The van der Waals surface area contributed by atoms with E-state index >= 15 is 0 Å². The van der Waals surface area contributed by atoms with Crippen LogP contribution in [-0.2, 0) is 4.79 Å². The molecule has 0 bridgehead atoms. The van der Waals surface area contributed by atoms with Crippen LogP contribution in [0.25, 0.3) is 0 Å². The van der Waals surface area contributed by atoms with Crippen molar-refractivity contribution in [2.24, 2.45) is 5.73 Å². The highest BCUT2D eigenvalue weighted by Gasteiger charge is 2.58. The number of H-pyrrole nitrogens is 1.